The van der Waals surface area contributed by atoms with Crippen molar-refractivity contribution in [1.29, 1.82) is 0 Å². The van der Waals surface area contributed by atoms with Crippen molar-refractivity contribution in [3.05, 3.63) is 18.0 Å². The number of piperidine rings is 1. The lowest BCUT2D eigenvalue weighted by atomic mass is 9.76. The Morgan fingerprint density at radius 3 is 2.74 bits per heavy atom. The fraction of sp³-hybridized carbons (Fsp3) is 0.778. The first-order valence-corrected chi connectivity index (χ1v) is 8.96. The smallest absolute Gasteiger partial charge is 0.223 e. The summed E-state index contributed by atoms with van der Waals surface area (Å²) in [6, 6.07) is 0.250. The molecule has 2 aliphatic rings. The molecule has 1 aliphatic heterocycles. The molecule has 1 N–H and O–H groups in total. The molecule has 1 amide bonds. The molecule has 1 spiro atoms. The molecular weight excluding hydrogens is 288 g/mol. The highest BCUT2D eigenvalue weighted by Gasteiger charge is 2.43. The fourth-order valence-corrected chi connectivity index (χ4v) is 4.28. The van der Waals surface area contributed by atoms with Gasteiger partial charge < -0.3 is 5.32 Å². The van der Waals surface area contributed by atoms with Crippen LogP contribution in [-0.2, 0) is 18.4 Å². The highest BCUT2D eigenvalue weighted by Crippen LogP contribution is 2.49. The molecule has 1 aromatic heterocycles. The fourth-order valence-electron chi connectivity index (χ4n) is 4.28. The Kier molecular flexibility index (Phi) is 4.76. The van der Waals surface area contributed by atoms with E-state index in [4.69, 9.17) is 0 Å². The summed E-state index contributed by atoms with van der Waals surface area (Å²) in [4.78, 5) is 14.8. The van der Waals surface area contributed by atoms with E-state index in [0.29, 0.717) is 5.41 Å². The number of aromatic nitrogens is 2. The molecule has 1 saturated heterocycles. The van der Waals surface area contributed by atoms with Crippen LogP contribution in [0.2, 0.25) is 0 Å². The third-order valence-corrected chi connectivity index (χ3v) is 5.59. The monoisotopic (exact) mass is 318 g/mol. The number of carbonyl (C=O) groups is 1. The summed E-state index contributed by atoms with van der Waals surface area (Å²) < 4.78 is 1.87. The summed E-state index contributed by atoms with van der Waals surface area (Å²) in [5, 5.41) is 7.34. The number of nitrogens with zero attached hydrogens (tertiary/aromatic N) is 3. The summed E-state index contributed by atoms with van der Waals surface area (Å²) in [5.41, 5.74) is 1.72. The van der Waals surface area contributed by atoms with Crippen LogP contribution >= 0.6 is 0 Å². The molecule has 0 aromatic carbocycles. The van der Waals surface area contributed by atoms with Crippen LogP contribution in [0, 0.1) is 11.3 Å². The Balaban J connectivity index is 1.49. The van der Waals surface area contributed by atoms with Gasteiger partial charge >= 0.3 is 0 Å². The Labute approximate surface area is 139 Å². The zero-order valence-corrected chi connectivity index (χ0v) is 14.7. The molecular formula is C18H30N4O. The topological polar surface area (TPSA) is 50.2 Å². The number of hydrogen-bond acceptors (Lipinski definition) is 3. The van der Waals surface area contributed by atoms with Crippen molar-refractivity contribution < 1.29 is 4.79 Å². The molecule has 5 nitrogen and oxygen atoms in total. The van der Waals surface area contributed by atoms with Crippen LogP contribution in [-0.4, -0.2) is 39.7 Å². The first-order valence-electron chi connectivity index (χ1n) is 8.96. The second-order valence-corrected chi connectivity index (χ2v) is 7.90. The number of aryl methyl sites for hydroxylation is 1. The molecule has 5 heteroatoms. The second kappa shape index (κ2) is 6.63. The van der Waals surface area contributed by atoms with Gasteiger partial charge in [0.1, 0.15) is 0 Å². The van der Waals surface area contributed by atoms with Gasteiger partial charge in [0.15, 0.2) is 0 Å². The molecule has 2 heterocycles. The summed E-state index contributed by atoms with van der Waals surface area (Å²) in [6.45, 7) is 7.38. The van der Waals surface area contributed by atoms with Crippen LogP contribution in [0.1, 0.15) is 51.5 Å². The third-order valence-electron chi connectivity index (χ3n) is 5.59. The van der Waals surface area contributed by atoms with Crippen LogP contribution in [0.25, 0.3) is 0 Å². The van der Waals surface area contributed by atoms with Gasteiger partial charge in [-0.25, -0.2) is 0 Å². The SMILES string of the molecule is CC(C)NC(=O)[C@H]1CCC2(CCN(Cc3cnn(C)c3)CC2)C1. The predicted octanol–water partition coefficient (Wildman–Crippen LogP) is 2.33. The van der Waals surface area contributed by atoms with Gasteiger partial charge in [0.05, 0.1) is 6.20 Å². The maximum atomic E-state index is 12.3. The van der Waals surface area contributed by atoms with Gasteiger partial charge in [-0.15, -0.1) is 0 Å². The van der Waals surface area contributed by atoms with E-state index in [0.717, 1.165) is 32.5 Å². The average molecular weight is 318 g/mol. The Bertz CT molecular complexity index is 543. The molecule has 23 heavy (non-hydrogen) atoms. The van der Waals surface area contributed by atoms with E-state index in [1.54, 1.807) is 0 Å². The number of hydrogen-bond donors (Lipinski definition) is 1. The predicted molar refractivity (Wildman–Crippen MR) is 90.8 cm³/mol. The molecule has 2 fully saturated rings. The lowest BCUT2D eigenvalue weighted by Gasteiger charge is -2.39. The molecule has 128 valence electrons. The van der Waals surface area contributed by atoms with Gasteiger partial charge in [0, 0.05) is 37.3 Å². The van der Waals surface area contributed by atoms with Crippen molar-refractivity contribution in [3.63, 3.8) is 0 Å². The van der Waals surface area contributed by atoms with E-state index in [-0.39, 0.29) is 17.9 Å². The summed E-state index contributed by atoms with van der Waals surface area (Å²) in [6.07, 6.45) is 9.92. The summed E-state index contributed by atoms with van der Waals surface area (Å²) in [7, 11) is 1.97. The van der Waals surface area contributed by atoms with E-state index < -0.39 is 0 Å². The van der Waals surface area contributed by atoms with Crippen LogP contribution in [0.4, 0.5) is 0 Å². The average Bonchev–Trinajstić information content (AvgIpc) is 3.08. The Morgan fingerprint density at radius 2 is 2.13 bits per heavy atom. The molecule has 1 saturated carbocycles. The lowest BCUT2D eigenvalue weighted by molar-refractivity contribution is -0.125. The minimum absolute atomic E-state index is 0.238. The lowest BCUT2D eigenvalue weighted by Crippen LogP contribution is -2.39. The highest BCUT2D eigenvalue weighted by molar-refractivity contribution is 5.79. The van der Waals surface area contributed by atoms with Gasteiger partial charge in [-0.2, -0.15) is 5.10 Å². The molecule has 1 atom stereocenters. The molecule has 1 aliphatic carbocycles. The number of amides is 1. The van der Waals surface area contributed by atoms with Crippen molar-refractivity contribution in [2.45, 2.75) is 58.5 Å². The highest BCUT2D eigenvalue weighted by atomic mass is 16.1. The van der Waals surface area contributed by atoms with Crippen LogP contribution < -0.4 is 5.32 Å². The van der Waals surface area contributed by atoms with E-state index >= 15 is 0 Å². The van der Waals surface area contributed by atoms with Gasteiger partial charge in [-0.05, 0) is 64.5 Å². The molecule has 1 aromatic rings. The van der Waals surface area contributed by atoms with Gasteiger partial charge in [0.2, 0.25) is 5.91 Å². The van der Waals surface area contributed by atoms with Crippen molar-refractivity contribution >= 4 is 5.91 Å². The number of nitrogens with one attached hydrogen (secondary N) is 1. The zero-order valence-electron chi connectivity index (χ0n) is 14.7. The van der Waals surface area contributed by atoms with Gasteiger partial charge in [-0.3, -0.25) is 14.4 Å². The molecule has 3 rings (SSSR count). The zero-order chi connectivity index (χ0) is 16.4. The van der Waals surface area contributed by atoms with Crippen molar-refractivity contribution in [2.24, 2.45) is 18.4 Å². The third kappa shape index (κ3) is 3.94. The van der Waals surface area contributed by atoms with Crippen LogP contribution in [0.15, 0.2) is 12.4 Å². The van der Waals surface area contributed by atoms with E-state index in [9.17, 15) is 4.79 Å². The van der Waals surface area contributed by atoms with E-state index in [2.05, 4.69) is 21.5 Å². The minimum atomic E-state index is 0.238. The first kappa shape index (κ1) is 16.5. The normalized spacial score (nSPS) is 24.4. The number of rotatable bonds is 4. The first-order chi connectivity index (χ1) is 11.0. The van der Waals surface area contributed by atoms with Crippen molar-refractivity contribution in [3.8, 4) is 0 Å². The molecule has 0 bridgehead atoms. The Hall–Kier alpha value is -1.36. The maximum absolute atomic E-state index is 12.3. The van der Waals surface area contributed by atoms with Gasteiger partial charge in [-0.1, -0.05) is 0 Å². The van der Waals surface area contributed by atoms with Crippen molar-refractivity contribution in [1.82, 2.24) is 20.0 Å². The van der Waals surface area contributed by atoms with E-state index in [1.807, 2.05) is 31.8 Å². The second-order valence-electron chi connectivity index (χ2n) is 7.90. The minimum Gasteiger partial charge on any atom is -0.354 e. The van der Waals surface area contributed by atoms with Crippen molar-refractivity contribution in [2.75, 3.05) is 13.1 Å². The number of likely N-dealkylation sites (tertiary alicyclic amines) is 1. The van der Waals surface area contributed by atoms with E-state index in [1.165, 1.54) is 24.8 Å². The Morgan fingerprint density at radius 1 is 1.39 bits per heavy atom. The maximum Gasteiger partial charge on any atom is 0.223 e. The van der Waals surface area contributed by atoms with Crippen LogP contribution in [0.3, 0.4) is 0 Å². The molecule has 0 unspecified atom stereocenters. The number of carbonyl (C=O) groups excluding carboxylic acids is 1. The quantitative estimate of drug-likeness (QED) is 0.927. The molecule has 0 radical (unpaired) electrons. The summed E-state index contributed by atoms with van der Waals surface area (Å²) in [5.74, 6) is 0.511. The summed E-state index contributed by atoms with van der Waals surface area (Å²) >= 11 is 0. The van der Waals surface area contributed by atoms with Gasteiger partial charge in [0.25, 0.3) is 0 Å². The largest absolute Gasteiger partial charge is 0.354 e. The standard InChI is InChI=1S/C18H30N4O/c1-14(2)20-17(23)16-4-5-18(10-16)6-8-22(9-7-18)13-15-11-19-21(3)12-15/h11-12,14,16H,4-10,13H2,1-3H3,(H,20,23)/t16-/m0/s1. The van der Waals surface area contributed by atoms with Crippen LogP contribution in [0.5, 0.6) is 0 Å².